The zero-order valence-electron chi connectivity index (χ0n) is 16.7. The number of hydrogen-bond acceptors (Lipinski definition) is 2. The molecule has 32 heavy (non-hydrogen) atoms. The molecule has 0 bridgehead atoms. The van der Waals surface area contributed by atoms with E-state index in [1.165, 1.54) is 4.57 Å². The predicted molar refractivity (Wildman–Crippen MR) is 132 cm³/mol. The molecule has 5 heteroatoms. The highest BCUT2D eigenvalue weighted by atomic mass is 35.5. The van der Waals surface area contributed by atoms with Crippen molar-refractivity contribution in [3.63, 3.8) is 0 Å². The van der Waals surface area contributed by atoms with Gasteiger partial charge in [-0.3, -0.25) is 9.59 Å². The minimum atomic E-state index is -0.364. The number of fused-ring (bicyclic) bond motifs is 6. The van der Waals surface area contributed by atoms with Gasteiger partial charge in [0.2, 0.25) is 0 Å². The normalized spacial score (nSPS) is 12.2. The van der Waals surface area contributed by atoms with Crippen LogP contribution in [0.15, 0.2) is 88.5 Å². The minimum Gasteiger partial charge on any atom is -0.268 e. The monoisotopic (exact) mass is 455 g/mol. The molecule has 0 amide bonds. The van der Waals surface area contributed by atoms with Crippen molar-refractivity contribution in [2.24, 2.45) is 0 Å². The summed E-state index contributed by atoms with van der Waals surface area (Å²) in [6.45, 7) is 0. The van der Waals surface area contributed by atoms with Crippen LogP contribution in [0.4, 0.5) is 0 Å². The third-order valence-corrected chi connectivity index (χ3v) is 6.68. The molecule has 0 aliphatic heterocycles. The van der Waals surface area contributed by atoms with Gasteiger partial charge in [0, 0.05) is 21.4 Å². The second-order valence-electron chi connectivity index (χ2n) is 7.98. The summed E-state index contributed by atoms with van der Waals surface area (Å²) < 4.78 is 1.24. The number of aromatic nitrogens is 1. The lowest BCUT2D eigenvalue weighted by Gasteiger charge is -2.09. The van der Waals surface area contributed by atoms with E-state index in [0.717, 1.165) is 33.0 Å². The molecule has 1 aromatic heterocycles. The van der Waals surface area contributed by atoms with Crippen molar-refractivity contribution in [2.75, 3.05) is 0 Å². The Morgan fingerprint density at radius 1 is 0.656 bits per heavy atom. The maximum atomic E-state index is 13.6. The molecule has 0 unspecified atom stereocenters. The van der Waals surface area contributed by atoms with Crippen LogP contribution < -0.4 is 11.1 Å². The molecule has 1 heterocycles. The van der Waals surface area contributed by atoms with Crippen molar-refractivity contribution in [3.8, 4) is 16.8 Å². The van der Waals surface area contributed by atoms with E-state index in [2.05, 4.69) is 0 Å². The summed E-state index contributed by atoms with van der Waals surface area (Å²) in [4.78, 5) is 27.3. The van der Waals surface area contributed by atoms with E-state index < -0.39 is 0 Å². The fraction of sp³-hybridized carbons (Fsp3) is 0.0370. The molecule has 0 N–H and O–H groups in total. The van der Waals surface area contributed by atoms with Gasteiger partial charge in [-0.1, -0.05) is 65.7 Å². The molecule has 1 aliphatic rings. The highest BCUT2D eigenvalue weighted by Gasteiger charge is 2.23. The molecule has 0 saturated heterocycles. The summed E-state index contributed by atoms with van der Waals surface area (Å²) in [5, 5.41) is 3.63. The van der Waals surface area contributed by atoms with Crippen molar-refractivity contribution in [3.05, 3.63) is 121 Å². The Hall–Kier alpha value is -3.40. The molecule has 4 aromatic carbocycles. The Balaban J connectivity index is 1.71. The fourth-order valence-electron chi connectivity index (χ4n) is 4.75. The van der Waals surface area contributed by atoms with E-state index in [1.54, 1.807) is 18.2 Å². The van der Waals surface area contributed by atoms with Crippen LogP contribution in [0.25, 0.3) is 38.4 Å². The third kappa shape index (κ3) is 2.75. The van der Waals surface area contributed by atoms with Crippen LogP contribution in [0.3, 0.4) is 0 Å². The first-order valence-corrected chi connectivity index (χ1v) is 11.0. The van der Waals surface area contributed by atoms with Gasteiger partial charge in [0.15, 0.2) is 0 Å². The van der Waals surface area contributed by atoms with Gasteiger partial charge < -0.3 is 0 Å². The largest absolute Gasteiger partial charge is 0.268 e. The maximum absolute atomic E-state index is 13.6. The Kier molecular flexibility index (Phi) is 4.26. The molecule has 3 nitrogen and oxygen atoms in total. The van der Waals surface area contributed by atoms with E-state index in [0.29, 0.717) is 32.9 Å². The van der Waals surface area contributed by atoms with Crippen LogP contribution >= 0.6 is 23.2 Å². The average Bonchev–Trinajstić information content (AvgIpc) is 3.12. The lowest BCUT2D eigenvalue weighted by atomic mass is 10.1. The number of benzene rings is 4. The summed E-state index contributed by atoms with van der Waals surface area (Å²) in [6.07, 6.45) is 0.641. The molecule has 0 spiro atoms. The lowest BCUT2D eigenvalue weighted by molar-refractivity contribution is 0.972. The van der Waals surface area contributed by atoms with Crippen LogP contribution in [-0.4, -0.2) is 4.57 Å². The molecule has 154 valence electrons. The Morgan fingerprint density at radius 2 is 1.25 bits per heavy atom. The highest BCUT2D eigenvalue weighted by Crippen LogP contribution is 2.43. The zero-order chi connectivity index (χ0) is 22.0. The number of halogens is 2. The summed E-state index contributed by atoms with van der Waals surface area (Å²) in [5.41, 5.74) is 3.75. The SMILES string of the molecule is O=c1c2ccccc2c2ccccc2c(=O)n1-c1cc(Cl)c2c(c1)Cc1cc(Cl)ccc1-2. The minimum absolute atomic E-state index is 0.364. The van der Waals surface area contributed by atoms with Crippen LogP contribution in [0.2, 0.25) is 10.0 Å². The molecule has 0 saturated carbocycles. The van der Waals surface area contributed by atoms with Gasteiger partial charge in [-0.15, -0.1) is 0 Å². The van der Waals surface area contributed by atoms with Crippen molar-refractivity contribution >= 4 is 44.7 Å². The van der Waals surface area contributed by atoms with Crippen LogP contribution in [0.1, 0.15) is 11.1 Å². The molecule has 1 aliphatic carbocycles. The standard InChI is InChI=1S/C27H15Cl2NO2/c28-17-9-10-19-15(12-17)11-16-13-18(14-24(29)25(16)19)30-26(31)22-7-3-1-5-20(22)21-6-2-4-8-23(21)27(30)32/h1-10,12-14H,11H2. The lowest BCUT2D eigenvalue weighted by Crippen LogP contribution is -2.28. The summed E-state index contributed by atoms with van der Waals surface area (Å²) >= 11 is 12.9. The number of rotatable bonds is 1. The third-order valence-electron chi connectivity index (χ3n) is 6.14. The molecule has 6 rings (SSSR count). The topological polar surface area (TPSA) is 39.1 Å². The maximum Gasteiger partial charge on any atom is 0.265 e. The van der Waals surface area contributed by atoms with Gasteiger partial charge in [-0.05, 0) is 70.3 Å². The van der Waals surface area contributed by atoms with Crippen LogP contribution in [-0.2, 0) is 6.42 Å². The van der Waals surface area contributed by atoms with Crippen molar-refractivity contribution < 1.29 is 0 Å². The van der Waals surface area contributed by atoms with Gasteiger partial charge in [0.25, 0.3) is 11.1 Å². The van der Waals surface area contributed by atoms with Gasteiger partial charge in [-0.2, -0.15) is 0 Å². The van der Waals surface area contributed by atoms with Gasteiger partial charge >= 0.3 is 0 Å². The van der Waals surface area contributed by atoms with Crippen molar-refractivity contribution in [1.29, 1.82) is 0 Å². The van der Waals surface area contributed by atoms with E-state index in [-0.39, 0.29) is 11.1 Å². The molecule has 5 aromatic rings. The first kappa shape index (κ1) is 19.3. The fourth-order valence-corrected chi connectivity index (χ4v) is 5.28. The highest BCUT2D eigenvalue weighted by molar-refractivity contribution is 6.34. The second kappa shape index (κ2) is 7.06. The Bertz CT molecular complexity index is 1650. The first-order chi connectivity index (χ1) is 15.5. The molecule has 0 fully saturated rings. The van der Waals surface area contributed by atoms with E-state index in [9.17, 15) is 9.59 Å². The molecule has 0 radical (unpaired) electrons. The van der Waals surface area contributed by atoms with Gasteiger partial charge in [0.05, 0.1) is 10.7 Å². The first-order valence-electron chi connectivity index (χ1n) is 10.2. The average molecular weight is 456 g/mol. The zero-order valence-corrected chi connectivity index (χ0v) is 18.2. The van der Waals surface area contributed by atoms with Gasteiger partial charge in [-0.25, -0.2) is 4.57 Å². The van der Waals surface area contributed by atoms with E-state index >= 15 is 0 Å². The van der Waals surface area contributed by atoms with E-state index in [1.807, 2.05) is 60.7 Å². The smallest absolute Gasteiger partial charge is 0.265 e. The molecule has 0 atom stereocenters. The molecular weight excluding hydrogens is 441 g/mol. The van der Waals surface area contributed by atoms with Crippen LogP contribution in [0.5, 0.6) is 0 Å². The molecular formula is C27H15Cl2NO2. The van der Waals surface area contributed by atoms with Crippen molar-refractivity contribution in [2.45, 2.75) is 6.42 Å². The quantitative estimate of drug-likeness (QED) is 0.288. The Morgan fingerprint density at radius 3 is 1.88 bits per heavy atom. The predicted octanol–water partition coefficient (Wildman–Crippen LogP) is 6.38. The van der Waals surface area contributed by atoms with E-state index in [4.69, 9.17) is 23.2 Å². The second-order valence-corrected chi connectivity index (χ2v) is 8.82. The Labute approximate surface area is 193 Å². The van der Waals surface area contributed by atoms with Gasteiger partial charge in [0.1, 0.15) is 0 Å². The number of hydrogen-bond donors (Lipinski definition) is 0. The summed E-state index contributed by atoms with van der Waals surface area (Å²) in [5.74, 6) is 0. The summed E-state index contributed by atoms with van der Waals surface area (Å²) in [6, 6.07) is 24.0. The summed E-state index contributed by atoms with van der Waals surface area (Å²) in [7, 11) is 0. The number of nitrogens with zero attached hydrogens (tertiary/aromatic N) is 1. The van der Waals surface area contributed by atoms with Crippen molar-refractivity contribution in [1.82, 2.24) is 4.57 Å². The van der Waals surface area contributed by atoms with Crippen LogP contribution in [0, 0.1) is 0 Å².